The molecule has 0 aliphatic carbocycles. The van der Waals surface area contributed by atoms with Crippen LogP contribution in [0.4, 0.5) is 0 Å². The van der Waals surface area contributed by atoms with Crippen LogP contribution in [0.3, 0.4) is 0 Å². The Hall–Kier alpha value is -2.56. The summed E-state index contributed by atoms with van der Waals surface area (Å²) in [6, 6.07) is 16.2. The van der Waals surface area contributed by atoms with Crippen LogP contribution in [-0.4, -0.2) is 17.0 Å². The van der Waals surface area contributed by atoms with Gasteiger partial charge in [0.15, 0.2) is 6.10 Å². The zero-order valence-electron chi connectivity index (χ0n) is 14.2. The van der Waals surface area contributed by atoms with Crippen LogP contribution < -0.4 is 10.1 Å². The lowest BCUT2D eigenvalue weighted by Crippen LogP contribution is -2.40. The number of ether oxygens (including phenoxy) is 1. The molecule has 1 amide bonds. The molecule has 0 fully saturated rings. The molecule has 1 aromatic heterocycles. The van der Waals surface area contributed by atoms with Crippen LogP contribution >= 0.6 is 23.2 Å². The summed E-state index contributed by atoms with van der Waals surface area (Å²) in [5, 5.41) is 4.37. The van der Waals surface area contributed by atoms with E-state index in [1.54, 1.807) is 36.7 Å². The van der Waals surface area contributed by atoms with E-state index in [1.165, 1.54) is 0 Å². The van der Waals surface area contributed by atoms with E-state index in [2.05, 4.69) is 10.3 Å². The van der Waals surface area contributed by atoms with Crippen molar-refractivity contribution in [2.24, 2.45) is 0 Å². The van der Waals surface area contributed by atoms with Gasteiger partial charge in [-0.1, -0.05) is 35.3 Å². The fourth-order valence-electron chi connectivity index (χ4n) is 3.17. The molecule has 27 heavy (non-hydrogen) atoms. The van der Waals surface area contributed by atoms with Crippen LogP contribution in [0.2, 0.25) is 10.0 Å². The van der Waals surface area contributed by atoms with Gasteiger partial charge in [0.2, 0.25) is 0 Å². The molecule has 2 heterocycles. The lowest BCUT2D eigenvalue weighted by atomic mass is 9.99. The molecule has 0 spiro atoms. The molecule has 0 saturated heterocycles. The number of rotatable bonds is 4. The summed E-state index contributed by atoms with van der Waals surface area (Å²) < 4.78 is 5.81. The molecule has 6 heteroatoms. The van der Waals surface area contributed by atoms with Gasteiger partial charge in [0.1, 0.15) is 5.75 Å². The Labute approximate surface area is 167 Å². The van der Waals surface area contributed by atoms with Crippen LogP contribution in [0, 0.1) is 0 Å². The van der Waals surface area contributed by atoms with Gasteiger partial charge in [0.05, 0.1) is 6.04 Å². The average Bonchev–Trinajstić information content (AvgIpc) is 3.11. The largest absolute Gasteiger partial charge is 0.480 e. The van der Waals surface area contributed by atoms with Crippen LogP contribution in [0.1, 0.15) is 22.7 Å². The number of benzene rings is 2. The summed E-state index contributed by atoms with van der Waals surface area (Å²) in [4.78, 5) is 17.0. The third kappa shape index (κ3) is 3.92. The van der Waals surface area contributed by atoms with Crippen LogP contribution in [0.25, 0.3) is 0 Å². The minimum Gasteiger partial charge on any atom is -0.480 e. The van der Waals surface area contributed by atoms with Crippen LogP contribution in [0.5, 0.6) is 5.75 Å². The lowest BCUT2D eigenvalue weighted by molar-refractivity contribution is -0.127. The van der Waals surface area contributed by atoms with E-state index in [4.69, 9.17) is 27.9 Å². The van der Waals surface area contributed by atoms with Crippen molar-refractivity contribution in [1.82, 2.24) is 10.3 Å². The van der Waals surface area contributed by atoms with Gasteiger partial charge in [0.25, 0.3) is 5.91 Å². The summed E-state index contributed by atoms with van der Waals surface area (Å²) in [5.74, 6) is 0.519. The molecule has 1 N–H and O–H groups in total. The predicted octanol–water partition coefficient (Wildman–Crippen LogP) is 4.60. The highest BCUT2D eigenvalue weighted by Gasteiger charge is 2.31. The van der Waals surface area contributed by atoms with Gasteiger partial charge in [-0.3, -0.25) is 9.78 Å². The Bertz CT molecular complexity index is 962. The Morgan fingerprint density at radius 3 is 2.41 bits per heavy atom. The lowest BCUT2D eigenvalue weighted by Gasteiger charge is -2.21. The van der Waals surface area contributed by atoms with Crippen molar-refractivity contribution in [3.63, 3.8) is 0 Å². The molecule has 0 saturated carbocycles. The van der Waals surface area contributed by atoms with E-state index >= 15 is 0 Å². The third-order valence-corrected chi connectivity index (χ3v) is 5.01. The van der Waals surface area contributed by atoms with Crippen LogP contribution in [0.15, 0.2) is 67.0 Å². The maximum atomic E-state index is 12.9. The Balaban J connectivity index is 1.57. The number of aromatic nitrogens is 1. The first-order valence-corrected chi connectivity index (χ1v) is 9.26. The predicted molar refractivity (Wildman–Crippen MR) is 105 cm³/mol. The topological polar surface area (TPSA) is 51.2 Å². The van der Waals surface area contributed by atoms with Crippen molar-refractivity contribution in [2.45, 2.75) is 18.6 Å². The first-order valence-electron chi connectivity index (χ1n) is 8.51. The van der Waals surface area contributed by atoms with E-state index in [0.29, 0.717) is 22.2 Å². The first kappa shape index (κ1) is 17.8. The van der Waals surface area contributed by atoms with Gasteiger partial charge in [-0.25, -0.2) is 0 Å². The standard InChI is InChI=1S/C21H16Cl2N2O2/c22-16-3-1-13(2-4-16)20(14-7-9-24-10-8-14)25-21(26)19-12-15-11-17(23)5-6-18(15)27-19/h1-11,19-20H,12H2,(H,25,26)/t19-,20-/m1/s1. The van der Waals surface area contributed by atoms with E-state index in [-0.39, 0.29) is 11.9 Å². The van der Waals surface area contributed by atoms with Crippen LogP contribution in [-0.2, 0) is 11.2 Å². The number of nitrogens with zero attached hydrogens (tertiary/aromatic N) is 1. The summed E-state index contributed by atoms with van der Waals surface area (Å²) in [5.41, 5.74) is 2.80. The minimum absolute atomic E-state index is 0.181. The molecule has 4 nitrogen and oxygen atoms in total. The van der Waals surface area contributed by atoms with E-state index < -0.39 is 6.10 Å². The molecule has 1 aliphatic heterocycles. The summed E-state index contributed by atoms with van der Waals surface area (Å²) in [7, 11) is 0. The number of hydrogen-bond donors (Lipinski definition) is 1. The Morgan fingerprint density at radius 2 is 1.67 bits per heavy atom. The molecule has 4 rings (SSSR count). The van der Waals surface area contributed by atoms with Crippen molar-refractivity contribution >= 4 is 29.1 Å². The highest BCUT2D eigenvalue weighted by atomic mass is 35.5. The van der Waals surface area contributed by atoms with Crippen molar-refractivity contribution < 1.29 is 9.53 Å². The second-order valence-electron chi connectivity index (χ2n) is 6.34. The average molecular weight is 399 g/mol. The number of carbonyl (C=O) groups is 1. The Morgan fingerprint density at radius 1 is 1.00 bits per heavy atom. The van der Waals surface area contributed by atoms with Crippen molar-refractivity contribution in [3.8, 4) is 5.75 Å². The molecule has 1 aliphatic rings. The number of carbonyl (C=O) groups excluding carboxylic acids is 1. The summed E-state index contributed by atoms with van der Waals surface area (Å²) >= 11 is 12.0. The first-order chi connectivity index (χ1) is 13.1. The highest BCUT2D eigenvalue weighted by molar-refractivity contribution is 6.30. The number of fused-ring (bicyclic) bond motifs is 1. The number of nitrogens with one attached hydrogen (secondary N) is 1. The minimum atomic E-state index is -0.588. The molecule has 0 bridgehead atoms. The Kier molecular flexibility index (Phi) is 5.01. The molecule has 136 valence electrons. The monoisotopic (exact) mass is 398 g/mol. The van der Waals surface area contributed by atoms with Crippen molar-refractivity contribution in [3.05, 3.63) is 93.7 Å². The highest BCUT2D eigenvalue weighted by Crippen LogP contribution is 2.32. The molecule has 3 aromatic rings. The van der Waals surface area contributed by atoms with E-state index in [9.17, 15) is 4.79 Å². The smallest absolute Gasteiger partial charge is 0.262 e. The molecule has 2 atom stereocenters. The zero-order chi connectivity index (χ0) is 18.8. The molecule has 2 aromatic carbocycles. The molecular weight excluding hydrogens is 383 g/mol. The normalized spacial score (nSPS) is 16.3. The maximum absolute atomic E-state index is 12.9. The van der Waals surface area contributed by atoms with E-state index in [1.807, 2.05) is 30.3 Å². The molecular formula is C21H16Cl2N2O2. The fraction of sp³-hybridized carbons (Fsp3) is 0.143. The van der Waals surface area contributed by atoms with Gasteiger partial charge in [-0.15, -0.1) is 0 Å². The number of pyridine rings is 1. The van der Waals surface area contributed by atoms with Gasteiger partial charge < -0.3 is 10.1 Å². The number of amides is 1. The summed E-state index contributed by atoms with van der Waals surface area (Å²) in [6.07, 6.45) is 3.31. The number of hydrogen-bond acceptors (Lipinski definition) is 3. The zero-order valence-corrected chi connectivity index (χ0v) is 15.7. The van der Waals surface area contributed by atoms with Crippen molar-refractivity contribution in [1.29, 1.82) is 0 Å². The quantitative estimate of drug-likeness (QED) is 0.698. The van der Waals surface area contributed by atoms with Gasteiger partial charge in [-0.2, -0.15) is 0 Å². The van der Waals surface area contributed by atoms with Crippen molar-refractivity contribution in [2.75, 3.05) is 0 Å². The molecule has 0 radical (unpaired) electrons. The maximum Gasteiger partial charge on any atom is 0.262 e. The number of halogens is 2. The van der Waals surface area contributed by atoms with Gasteiger partial charge >= 0.3 is 0 Å². The van der Waals surface area contributed by atoms with Gasteiger partial charge in [0, 0.05) is 28.9 Å². The van der Waals surface area contributed by atoms with Gasteiger partial charge in [-0.05, 0) is 59.2 Å². The second kappa shape index (κ2) is 7.59. The summed E-state index contributed by atoms with van der Waals surface area (Å²) in [6.45, 7) is 0. The fourth-order valence-corrected chi connectivity index (χ4v) is 3.49. The second-order valence-corrected chi connectivity index (χ2v) is 7.21. The SMILES string of the molecule is O=C(N[C@@H](c1ccncc1)c1ccc(Cl)cc1)[C@H]1Cc2cc(Cl)ccc2O1. The molecule has 0 unspecified atom stereocenters. The third-order valence-electron chi connectivity index (χ3n) is 4.52. The van der Waals surface area contributed by atoms with E-state index in [0.717, 1.165) is 16.7 Å².